The van der Waals surface area contributed by atoms with Crippen molar-refractivity contribution in [1.29, 1.82) is 0 Å². The van der Waals surface area contributed by atoms with Gasteiger partial charge in [-0.3, -0.25) is 9.59 Å². The average molecular weight is 276 g/mol. The summed E-state index contributed by atoms with van der Waals surface area (Å²) in [5.74, 6) is 0.981. The summed E-state index contributed by atoms with van der Waals surface area (Å²) >= 11 is 0. The largest absolute Gasteiger partial charge is 0.462 e. The van der Waals surface area contributed by atoms with Crippen molar-refractivity contribution in [2.24, 2.45) is 28.6 Å². The number of hydrogen-bond donors (Lipinski definition) is 0. The van der Waals surface area contributed by atoms with Crippen molar-refractivity contribution in [2.45, 2.75) is 53.6 Å². The second-order valence-corrected chi connectivity index (χ2v) is 7.74. The summed E-state index contributed by atoms with van der Waals surface area (Å²) in [5, 5.41) is 0. The maximum absolute atomic E-state index is 12.4. The number of allylic oxidation sites excluding steroid dienone is 2. The van der Waals surface area contributed by atoms with Gasteiger partial charge in [-0.2, -0.15) is 0 Å². The van der Waals surface area contributed by atoms with Crippen molar-refractivity contribution in [1.82, 2.24) is 0 Å². The quantitative estimate of drug-likeness (QED) is 0.691. The number of fused-ring (bicyclic) bond motifs is 3. The van der Waals surface area contributed by atoms with E-state index in [-0.39, 0.29) is 34.6 Å². The topological polar surface area (TPSA) is 43.4 Å². The number of carbonyl (C=O) groups excluding carboxylic acids is 2. The molecule has 0 aromatic rings. The van der Waals surface area contributed by atoms with Gasteiger partial charge < -0.3 is 4.74 Å². The zero-order valence-electron chi connectivity index (χ0n) is 13.0. The van der Waals surface area contributed by atoms with Gasteiger partial charge >= 0.3 is 5.97 Å². The van der Waals surface area contributed by atoms with Gasteiger partial charge in [-0.1, -0.05) is 26.3 Å². The Hall–Kier alpha value is -1.12. The molecule has 0 aliphatic heterocycles. The Morgan fingerprint density at radius 3 is 2.50 bits per heavy atom. The first-order chi connectivity index (χ1) is 9.19. The van der Waals surface area contributed by atoms with E-state index < -0.39 is 0 Å². The number of ether oxygens (including phenoxy) is 1. The molecule has 4 aliphatic carbocycles. The Balaban J connectivity index is 2.03. The van der Waals surface area contributed by atoms with E-state index in [1.165, 1.54) is 12.5 Å². The van der Waals surface area contributed by atoms with E-state index in [1.807, 2.05) is 6.08 Å². The third kappa shape index (κ3) is 1.52. The highest BCUT2D eigenvalue weighted by molar-refractivity contribution is 5.96. The fourth-order valence-electron chi connectivity index (χ4n) is 5.41. The van der Waals surface area contributed by atoms with E-state index in [0.29, 0.717) is 11.8 Å². The van der Waals surface area contributed by atoms with E-state index in [0.717, 1.165) is 12.8 Å². The molecule has 0 heterocycles. The molecule has 4 bridgehead atoms. The fraction of sp³-hybridized carbons (Fsp3) is 0.765. The lowest BCUT2D eigenvalue weighted by Gasteiger charge is -2.65. The van der Waals surface area contributed by atoms with Crippen LogP contribution in [-0.4, -0.2) is 17.9 Å². The van der Waals surface area contributed by atoms with Crippen LogP contribution in [0.3, 0.4) is 0 Å². The van der Waals surface area contributed by atoms with Crippen molar-refractivity contribution in [3.8, 4) is 0 Å². The first-order valence-electron chi connectivity index (χ1n) is 7.59. The third-order valence-corrected chi connectivity index (χ3v) is 6.25. The Labute approximate surface area is 120 Å². The molecule has 3 nitrogen and oxygen atoms in total. The molecule has 110 valence electrons. The number of esters is 1. The van der Waals surface area contributed by atoms with Crippen LogP contribution >= 0.6 is 0 Å². The zero-order valence-corrected chi connectivity index (χ0v) is 13.0. The molecule has 0 radical (unpaired) electrons. The molecule has 20 heavy (non-hydrogen) atoms. The summed E-state index contributed by atoms with van der Waals surface area (Å²) in [6, 6.07) is 0. The fourth-order valence-corrected chi connectivity index (χ4v) is 5.41. The monoisotopic (exact) mass is 276 g/mol. The Bertz CT molecular complexity index is 516. The summed E-state index contributed by atoms with van der Waals surface area (Å²) in [5.41, 5.74) is 1.16. The second kappa shape index (κ2) is 3.96. The summed E-state index contributed by atoms with van der Waals surface area (Å²) in [7, 11) is 0. The highest BCUT2D eigenvalue weighted by atomic mass is 16.5. The molecule has 4 rings (SSSR count). The van der Waals surface area contributed by atoms with Crippen LogP contribution in [-0.2, 0) is 14.3 Å². The molecule has 4 unspecified atom stereocenters. The molecule has 0 saturated heterocycles. The second-order valence-electron chi connectivity index (χ2n) is 7.74. The minimum atomic E-state index is -0.212. The predicted molar refractivity (Wildman–Crippen MR) is 75.9 cm³/mol. The Morgan fingerprint density at radius 1 is 1.30 bits per heavy atom. The summed E-state index contributed by atoms with van der Waals surface area (Å²) < 4.78 is 5.59. The number of rotatable bonds is 1. The first-order valence-corrected chi connectivity index (χ1v) is 7.59. The third-order valence-electron chi connectivity index (χ3n) is 6.25. The van der Waals surface area contributed by atoms with Gasteiger partial charge in [0.15, 0.2) is 5.78 Å². The molecule has 0 spiro atoms. The normalized spacial score (nSPS) is 45.0. The molecular weight excluding hydrogens is 252 g/mol. The van der Waals surface area contributed by atoms with Crippen LogP contribution in [0.5, 0.6) is 0 Å². The summed E-state index contributed by atoms with van der Waals surface area (Å²) in [6.45, 7) is 10.2. The van der Waals surface area contributed by atoms with Gasteiger partial charge in [0.2, 0.25) is 0 Å². The van der Waals surface area contributed by atoms with Crippen molar-refractivity contribution >= 4 is 11.8 Å². The van der Waals surface area contributed by atoms with Gasteiger partial charge in [-0.25, -0.2) is 0 Å². The van der Waals surface area contributed by atoms with Gasteiger partial charge in [0.05, 0.1) is 0 Å². The maximum Gasteiger partial charge on any atom is 0.302 e. The van der Waals surface area contributed by atoms with Gasteiger partial charge in [0.25, 0.3) is 0 Å². The van der Waals surface area contributed by atoms with E-state index in [4.69, 9.17) is 4.74 Å². The lowest BCUT2D eigenvalue weighted by molar-refractivity contribution is -0.178. The molecule has 0 N–H and O–H groups in total. The van der Waals surface area contributed by atoms with Crippen LogP contribution in [0, 0.1) is 28.6 Å². The van der Waals surface area contributed by atoms with E-state index in [9.17, 15) is 9.59 Å². The molecule has 3 fully saturated rings. The molecule has 4 aliphatic rings. The van der Waals surface area contributed by atoms with Crippen LogP contribution in [0.15, 0.2) is 11.6 Å². The molecule has 3 saturated carbocycles. The molecule has 0 aromatic heterocycles. The molecule has 0 amide bonds. The van der Waals surface area contributed by atoms with Crippen LogP contribution in [0.25, 0.3) is 0 Å². The van der Waals surface area contributed by atoms with Gasteiger partial charge in [-0.05, 0) is 43.1 Å². The Morgan fingerprint density at radius 2 is 1.95 bits per heavy atom. The van der Waals surface area contributed by atoms with E-state index in [2.05, 4.69) is 27.7 Å². The van der Waals surface area contributed by atoms with Crippen LogP contribution in [0.2, 0.25) is 0 Å². The molecule has 5 atom stereocenters. The first kappa shape index (κ1) is 13.8. The number of ketones is 1. The zero-order chi connectivity index (χ0) is 14.9. The average Bonchev–Trinajstić information content (AvgIpc) is 2.42. The van der Waals surface area contributed by atoms with Gasteiger partial charge in [0, 0.05) is 18.3 Å². The lowest BCUT2D eigenvalue weighted by Crippen LogP contribution is -2.64. The van der Waals surface area contributed by atoms with Gasteiger partial charge in [-0.15, -0.1) is 0 Å². The summed E-state index contributed by atoms with van der Waals surface area (Å²) in [6.07, 6.45) is 3.61. The van der Waals surface area contributed by atoms with Gasteiger partial charge in [0.1, 0.15) is 6.10 Å². The van der Waals surface area contributed by atoms with Crippen LogP contribution < -0.4 is 0 Å². The van der Waals surface area contributed by atoms with Crippen LogP contribution in [0.4, 0.5) is 0 Å². The molecule has 3 heteroatoms. The standard InChI is InChI=1S/C17H24O3/c1-9-8-11(19)14-15-13(9)17(14,5)7-6-12(16(15,3)4)20-10(2)18/h8,12-15H,6-7H2,1-5H3/t12?,13?,14?,15?,17-/m1/s1. The lowest BCUT2D eigenvalue weighted by atomic mass is 9.38. The van der Waals surface area contributed by atoms with Crippen molar-refractivity contribution in [3.63, 3.8) is 0 Å². The van der Waals surface area contributed by atoms with E-state index in [1.54, 1.807) is 0 Å². The SMILES string of the molecule is CC(=O)OC1CC[C@@]2(C)C3C(=O)C=C(C)C2C3C1(C)C. The van der Waals surface area contributed by atoms with E-state index >= 15 is 0 Å². The van der Waals surface area contributed by atoms with Crippen molar-refractivity contribution < 1.29 is 14.3 Å². The highest BCUT2D eigenvalue weighted by Gasteiger charge is 2.70. The minimum absolute atomic E-state index is 0.0713. The van der Waals surface area contributed by atoms with Crippen LogP contribution in [0.1, 0.15) is 47.5 Å². The number of hydrogen-bond acceptors (Lipinski definition) is 3. The number of carbonyl (C=O) groups is 2. The molecular formula is C17H24O3. The molecule has 0 aromatic carbocycles. The summed E-state index contributed by atoms with van der Waals surface area (Å²) in [4.78, 5) is 23.8. The smallest absolute Gasteiger partial charge is 0.302 e. The Kier molecular flexibility index (Phi) is 2.74. The maximum atomic E-state index is 12.4. The minimum Gasteiger partial charge on any atom is -0.462 e. The predicted octanol–water partition coefficient (Wildman–Crippen LogP) is 3.14. The highest BCUT2D eigenvalue weighted by Crippen LogP contribution is 2.71. The van der Waals surface area contributed by atoms with Crippen molar-refractivity contribution in [2.75, 3.05) is 0 Å². The van der Waals surface area contributed by atoms with Crippen molar-refractivity contribution in [3.05, 3.63) is 11.6 Å².